The highest BCUT2D eigenvalue weighted by Gasteiger charge is 2.18. The normalized spacial score (nSPS) is 10.6. The molecule has 0 radical (unpaired) electrons. The maximum absolute atomic E-state index is 12.5. The van der Waals surface area contributed by atoms with E-state index in [9.17, 15) is 4.79 Å². The molecule has 2 aromatic heterocycles. The largest absolute Gasteiger partial charge is 1.00 e. The molecule has 0 aliphatic carbocycles. The second-order valence-corrected chi connectivity index (χ2v) is 7.00. The van der Waals surface area contributed by atoms with Gasteiger partial charge in [0.15, 0.2) is 11.9 Å². The number of aromatic amines is 1. The Labute approximate surface area is 179 Å². The fourth-order valence-electron chi connectivity index (χ4n) is 3.18. The Balaban J connectivity index is 0.00000243. The molecule has 0 saturated heterocycles. The Morgan fingerprint density at radius 1 is 1.19 bits per heavy atom. The van der Waals surface area contributed by atoms with Gasteiger partial charge in [-0.05, 0) is 37.6 Å². The maximum Gasteiger partial charge on any atom is 0.259 e. The van der Waals surface area contributed by atoms with Crippen LogP contribution in [0.2, 0.25) is 0 Å². The molecule has 1 aromatic carbocycles. The van der Waals surface area contributed by atoms with Crippen molar-refractivity contribution in [3.05, 3.63) is 64.0 Å². The predicted molar refractivity (Wildman–Crippen MR) is 104 cm³/mol. The number of H-pyrrole nitrogens is 1. The average molecular weight is 528 g/mol. The van der Waals surface area contributed by atoms with E-state index in [1.54, 1.807) is 0 Å². The number of hydrogen-bond acceptors (Lipinski definition) is 1. The number of pyridine rings is 1. The molecule has 0 spiro atoms. The first-order valence-electron chi connectivity index (χ1n) is 8.57. The summed E-state index contributed by atoms with van der Waals surface area (Å²) in [6.45, 7) is 5.46. The number of benzene rings is 1. The van der Waals surface area contributed by atoms with Gasteiger partial charge in [0.2, 0.25) is 0 Å². The van der Waals surface area contributed by atoms with E-state index >= 15 is 0 Å². The number of aryl methyl sites for hydroxylation is 1. The molecule has 26 heavy (non-hydrogen) atoms. The number of hydrogen-bond donors (Lipinski definition) is 1. The van der Waals surface area contributed by atoms with Crippen LogP contribution in [-0.2, 0) is 13.5 Å². The summed E-state index contributed by atoms with van der Waals surface area (Å²) in [5.41, 5.74) is 4.25. The van der Waals surface area contributed by atoms with Crippen molar-refractivity contribution in [2.24, 2.45) is 7.05 Å². The zero-order chi connectivity index (χ0) is 18.0. The number of carbonyl (C=O) groups is 1. The van der Waals surface area contributed by atoms with Crippen LogP contribution in [0.5, 0.6) is 0 Å². The van der Waals surface area contributed by atoms with E-state index in [1.165, 1.54) is 10.9 Å². The first-order chi connectivity index (χ1) is 12.0. The van der Waals surface area contributed by atoms with Crippen molar-refractivity contribution in [2.45, 2.75) is 20.3 Å². The number of halogens is 2. The highest BCUT2D eigenvalue weighted by Crippen LogP contribution is 2.28. The first-order valence-corrected chi connectivity index (χ1v) is 9.36. The molecule has 6 heteroatoms. The number of carbonyl (C=O) groups excluding carboxylic acids is 1. The van der Waals surface area contributed by atoms with Crippen LogP contribution in [0.4, 0.5) is 0 Å². The molecule has 0 bridgehead atoms. The van der Waals surface area contributed by atoms with Crippen LogP contribution >= 0.6 is 15.9 Å². The molecule has 3 aromatic rings. The van der Waals surface area contributed by atoms with Gasteiger partial charge in [0.05, 0.1) is 6.42 Å². The molecule has 138 valence electrons. The Kier molecular flexibility index (Phi) is 7.23. The third kappa shape index (κ3) is 4.11. The summed E-state index contributed by atoms with van der Waals surface area (Å²) in [6, 6.07) is 10.1. The van der Waals surface area contributed by atoms with Crippen LogP contribution < -0.4 is 28.5 Å². The van der Waals surface area contributed by atoms with Crippen molar-refractivity contribution in [1.29, 1.82) is 0 Å². The molecule has 0 atom stereocenters. The van der Waals surface area contributed by atoms with Gasteiger partial charge in [0.25, 0.3) is 5.91 Å². The third-order valence-corrected chi connectivity index (χ3v) is 5.31. The molecule has 0 aliphatic heterocycles. The van der Waals surface area contributed by atoms with Gasteiger partial charge in [-0.25, -0.2) is 4.57 Å². The number of nitrogens with one attached hydrogen (secondary N) is 1. The van der Waals surface area contributed by atoms with E-state index < -0.39 is 0 Å². The molecule has 0 saturated carbocycles. The predicted octanol–water partition coefficient (Wildman–Crippen LogP) is 0.832. The summed E-state index contributed by atoms with van der Waals surface area (Å²) >= 11 is 3.64. The summed E-state index contributed by atoms with van der Waals surface area (Å²) < 4.78 is 3.14. The SMILES string of the molecule is CCN(CC)C(=O)c1ccc(Cc2c[nH]c3cccc(Br)c23)[n+](C)c1.[I-]. The Morgan fingerprint density at radius 2 is 1.92 bits per heavy atom. The van der Waals surface area contributed by atoms with Crippen molar-refractivity contribution in [3.8, 4) is 0 Å². The lowest BCUT2D eigenvalue weighted by molar-refractivity contribution is -0.678. The molecule has 0 fully saturated rings. The summed E-state index contributed by atoms with van der Waals surface area (Å²) in [5.74, 6) is 0.0852. The van der Waals surface area contributed by atoms with Gasteiger partial charge in [0, 0.05) is 40.7 Å². The van der Waals surface area contributed by atoms with E-state index in [1.807, 2.05) is 54.8 Å². The minimum atomic E-state index is 0. The van der Waals surface area contributed by atoms with Crippen LogP contribution in [0.25, 0.3) is 10.9 Å². The Hall–Kier alpha value is -1.41. The van der Waals surface area contributed by atoms with Crippen molar-refractivity contribution in [1.82, 2.24) is 9.88 Å². The standard InChI is InChI=1S/C20H23BrN3O.HI/c1-4-24(5-2)20(25)14-9-10-16(23(3)13-14)11-15-12-22-18-8-6-7-17(21)19(15)18;/h6-10,12-13,22H,4-5,11H2,1-3H3;1H/q+1;/p-1. The fourth-order valence-corrected chi connectivity index (χ4v) is 3.80. The van der Waals surface area contributed by atoms with Crippen LogP contribution in [0.3, 0.4) is 0 Å². The van der Waals surface area contributed by atoms with Crippen LogP contribution in [0.15, 0.2) is 47.2 Å². The summed E-state index contributed by atoms with van der Waals surface area (Å²) in [6.07, 6.45) is 4.79. The van der Waals surface area contributed by atoms with Crippen LogP contribution in [0, 0.1) is 0 Å². The highest BCUT2D eigenvalue weighted by molar-refractivity contribution is 9.10. The number of fused-ring (bicyclic) bond motifs is 1. The van der Waals surface area contributed by atoms with Gasteiger partial charge < -0.3 is 33.9 Å². The number of amides is 1. The fraction of sp³-hybridized carbons (Fsp3) is 0.300. The monoisotopic (exact) mass is 527 g/mol. The lowest BCUT2D eigenvalue weighted by atomic mass is 10.1. The second-order valence-electron chi connectivity index (χ2n) is 6.15. The van der Waals surface area contributed by atoms with E-state index in [2.05, 4.69) is 39.2 Å². The zero-order valence-electron chi connectivity index (χ0n) is 15.2. The van der Waals surface area contributed by atoms with Crippen LogP contribution in [-0.4, -0.2) is 28.9 Å². The highest BCUT2D eigenvalue weighted by atomic mass is 127. The van der Waals surface area contributed by atoms with Crippen molar-refractivity contribution in [3.63, 3.8) is 0 Å². The molecule has 1 amide bonds. The summed E-state index contributed by atoms with van der Waals surface area (Å²) in [4.78, 5) is 17.7. The quantitative estimate of drug-likeness (QED) is 0.387. The van der Waals surface area contributed by atoms with E-state index in [0.717, 1.165) is 40.8 Å². The molecule has 1 N–H and O–H groups in total. The molecule has 3 rings (SSSR count). The lowest BCUT2D eigenvalue weighted by Gasteiger charge is -2.17. The minimum Gasteiger partial charge on any atom is -1.00 e. The average Bonchev–Trinajstić information content (AvgIpc) is 3.02. The van der Waals surface area contributed by atoms with Crippen molar-refractivity contribution >= 4 is 32.7 Å². The van der Waals surface area contributed by atoms with Gasteiger partial charge in [-0.1, -0.05) is 22.0 Å². The Bertz CT molecular complexity index is 919. The molecule has 2 heterocycles. The molecular formula is C20H23BrIN3O. The summed E-state index contributed by atoms with van der Waals surface area (Å²) in [7, 11) is 2.00. The number of nitrogens with zero attached hydrogens (tertiary/aromatic N) is 2. The van der Waals surface area contributed by atoms with Crippen LogP contribution in [0.1, 0.15) is 35.5 Å². The maximum atomic E-state index is 12.5. The lowest BCUT2D eigenvalue weighted by Crippen LogP contribution is -3.00. The minimum absolute atomic E-state index is 0. The zero-order valence-corrected chi connectivity index (χ0v) is 19.0. The number of rotatable bonds is 5. The van der Waals surface area contributed by atoms with E-state index in [-0.39, 0.29) is 29.9 Å². The smallest absolute Gasteiger partial charge is 0.259 e. The second kappa shape index (κ2) is 8.99. The molecular weight excluding hydrogens is 505 g/mol. The van der Waals surface area contributed by atoms with Crippen molar-refractivity contribution in [2.75, 3.05) is 13.1 Å². The third-order valence-electron chi connectivity index (χ3n) is 4.65. The molecule has 0 unspecified atom stereocenters. The van der Waals surface area contributed by atoms with Crippen molar-refractivity contribution < 1.29 is 33.3 Å². The first kappa shape index (κ1) is 20.9. The van der Waals surface area contributed by atoms with Gasteiger partial charge in [-0.3, -0.25) is 4.79 Å². The number of aromatic nitrogens is 2. The van der Waals surface area contributed by atoms with E-state index in [0.29, 0.717) is 0 Å². The van der Waals surface area contributed by atoms with Gasteiger partial charge in [0.1, 0.15) is 12.6 Å². The summed E-state index contributed by atoms with van der Waals surface area (Å²) in [5, 5.41) is 1.21. The van der Waals surface area contributed by atoms with Gasteiger partial charge in [-0.15, -0.1) is 0 Å². The van der Waals surface area contributed by atoms with E-state index in [4.69, 9.17) is 0 Å². The topological polar surface area (TPSA) is 40.0 Å². The Morgan fingerprint density at radius 3 is 2.58 bits per heavy atom. The van der Waals surface area contributed by atoms with Gasteiger partial charge in [-0.2, -0.15) is 0 Å². The van der Waals surface area contributed by atoms with Gasteiger partial charge >= 0.3 is 0 Å². The molecule has 4 nitrogen and oxygen atoms in total. The molecule has 0 aliphatic rings.